The number of amides is 2. The molecule has 5 nitrogen and oxygen atoms in total. The summed E-state index contributed by atoms with van der Waals surface area (Å²) in [4.78, 5) is 16.0. The number of urea groups is 1. The van der Waals surface area contributed by atoms with E-state index in [9.17, 15) is 4.79 Å². The van der Waals surface area contributed by atoms with Gasteiger partial charge in [-0.3, -0.25) is 4.90 Å². The second-order valence-electron chi connectivity index (χ2n) is 6.00. The Labute approximate surface area is 156 Å². The van der Waals surface area contributed by atoms with Crippen LogP contribution < -0.4 is 10.6 Å². The summed E-state index contributed by atoms with van der Waals surface area (Å²) in [7, 11) is 0. The van der Waals surface area contributed by atoms with Gasteiger partial charge in [0.1, 0.15) is 0 Å². The molecule has 1 saturated heterocycles. The number of carbonyl (C=O) groups excluding carboxylic acids is 1. The maximum Gasteiger partial charge on any atom is 0.319 e. The number of hydrogen-bond donors (Lipinski definition) is 2. The highest BCUT2D eigenvalue weighted by Crippen LogP contribution is 2.29. The first-order valence-electron chi connectivity index (χ1n) is 8.32. The van der Waals surface area contributed by atoms with Gasteiger partial charge in [-0.2, -0.15) is 0 Å². The molecule has 1 aromatic carbocycles. The van der Waals surface area contributed by atoms with Gasteiger partial charge in [0.2, 0.25) is 0 Å². The van der Waals surface area contributed by atoms with Crippen molar-refractivity contribution in [3.63, 3.8) is 0 Å². The summed E-state index contributed by atoms with van der Waals surface area (Å²) in [6.07, 6.45) is 0. The molecule has 2 aromatic rings. The van der Waals surface area contributed by atoms with Crippen LogP contribution in [0, 0.1) is 0 Å². The molecule has 2 atom stereocenters. The van der Waals surface area contributed by atoms with Gasteiger partial charge in [-0.05, 0) is 42.6 Å². The molecule has 1 aromatic heterocycles. The zero-order valence-corrected chi connectivity index (χ0v) is 15.6. The molecular weight excluding hydrogens is 358 g/mol. The fraction of sp³-hybridized carbons (Fsp3) is 0.389. The highest BCUT2D eigenvalue weighted by atomic mass is 35.5. The first-order chi connectivity index (χ1) is 12.1. The van der Waals surface area contributed by atoms with Crippen molar-refractivity contribution >= 4 is 34.7 Å². The van der Waals surface area contributed by atoms with Crippen molar-refractivity contribution in [3.05, 3.63) is 51.7 Å². The van der Waals surface area contributed by atoms with Crippen molar-refractivity contribution < 1.29 is 9.53 Å². The highest BCUT2D eigenvalue weighted by molar-refractivity contribution is 7.10. The Kier molecular flexibility index (Phi) is 6.31. The Bertz CT molecular complexity index is 672. The first kappa shape index (κ1) is 18.2. The average molecular weight is 380 g/mol. The molecule has 3 rings (SSSR count). The molecule has 0 bridgehead atoms. The zero-order valence-electron chi connectivity index (χ0n) is 14.1. The fourth-order valence-corrected chi connectivity index (χ4v) is 4.13. The predicted molar refractivity (Wildman–Crippen MR) is 103 cm³/mol. The Morgan fingerprint density at radius 1 is 1.24 bits per heavy atom. The Morgan fingerprint density at radius 2 is 1.96 bits per heavy atom. The van der Waals surface area contributed by atoms with Crippen LogP contribution in [-0.4, -0.2) is 43.3 Å². The van der Waals surface area contributed by atoms with Crippen molar-refractivity contribution in [2.75, 3.05) is 31.6 Å². The number of thiophene rings is 1. The SMILES string of the molecule is C[C@H](NC(=O)Nc1ccc(Cl)cc1)[C@@H](c1cccs1)N1CCOCC1. The van der Waals surface area contributed by atoms with Gasteiger partial charge in [0.15, 0.2) is 0 Å². The quantitative estimate of drug-likeness (QED) is 0.826. The number of nitrogens with zero attached hydrogens (tertiary/aromatic N) is 1. The van der Waals surface area contributed by atoms with Gasteiger partial charge in [0.25, 0.3) is 0 Å². The zero-order chi connectivity index (χ0) is 17.6. The number of rotatable bonds is 5. The summed E-state index contributed by atoms with van der Waals surface area (Å²) >= 11 is 7.59. The van der Waals surface area contributed by atoms with Gasteiger partial charge in [0.05, 0.1) is 19.3 Å². The number of morpholine rings is 1. The standard InChI is InChI=1S/C18H22ClN3O2S/c1-13(20-18(23)21-15-6-4-14(19)5-7-15)17(16-3-2-12-25-16)22-8-10-24-11-9-22/h2-7,12-13,17H,8-11H2,1H3,(H2,20,21,23)/t13-,17-/m0/s1. The topological polar surface area (TPSA) is 53.6 Å². The van der Waals surface area contributed by atoms with E-state index in [1.165, 1.54) is 4.88 Å². The number of anilines is 1. The van der Waals surface area contributed by atoms with Crippen LogP contribution in [-0.2, 0) is 4.74 Å². The molecule has 0 radical (unpaired) electrons. The second-order valence-corrected chi connectivity index (χ2v) is 7.42. The molecule has 7 heteroatoms. The maximum absolute atomic E-state index is 12.4. The molecule has 0 saturated carbocycles. The van der Waals surface area contributed by atoms with E-state index in [0.717, 1.165) is 26.3 Å². The summed E-state index contributed by atoms with van der Waals surface area (Å²) < 4.78 is 5.47. The number of ether oxygens (including phenoxy) is 1. The van der Waals surface area contributed by atoms with E-state index >= 15 is 0 Å². The van der Waals surface area contributed by atoms with E-state index < -0.39 is 0 Å². The molecule has 0 aliphatic carbocycles. The molecule has 0 unspecified atom stereocenters. The van der Waals surface area contributed by atoms with Gasteiger partial charge < -0.3 is 15.4 Å². The van der Waals surface area contributed by atoms with Gasteiger partial charge in [-0.15, -0.1) is 11.3 Å². The monoisotopic (exact) mass is 379 g/mol. The minimum atomic E-state index is -0.218. The lowest BCUT2D eigenvalue weighted by atomic mass is 10.1. The summed E-state index contributed by atoms with van der Waals surface area (Å²) in [5.41, 5.74) is 0.716. The molecule has 2 heterocycles. The second kappa shape index (κ2) is 8.67. The lowest BCUT2D eigenvalue weighted by molar-refractivity contribution is 0.0106. The van der Waals surface area contributed by atoms with E-state index in [2.05, 4.69) is 27.0 Å². The van der Waals surface area contributed by atoms with Crippen molar-refractivity contribution in [3.8, 4) is 0 Å². The van der Waals surface area contributed by atoms with Crippen LogP contribution in [0.25, 0.3) is 0 Å². The van der Waals surface area contributed by atoms with Crippen molar-refractivity contribution in [1.82, 2.24) is 10.2 Å². The molecule has 2 amide bonds. The number of nitrogens with one attached hydrogen (secondary N) is 2. The smallest absolute Gasteiger partial charge is 0.319 e. The van der Waals surface area contributed by atoms with Crippen LogP contribution in [0.2, 0.25) is 5.02 Å². The van der Waals surface area contributed by atoms with Gasteiger partial charge in [0, 0.05) is 34.7 Å². The first-order valence-corrected chi connectivity index (χ1v) is 9.57. The number of hydrogen-bond acceptors (Lipinski definition) is 4. The molecule has 2 N–H and O–H groups in total. The third-order valence-electron chi connectivity index (χ3n) is 4.21. The molecule has 1 aliphatic rings. The highest BCUT2D eigenvalue weighted by Gasteiger charge is 2.29. The van der Waals surface area contributed by atoms with Crippen LogP contribution >= 0.6 is 22.9 Å². The third kappa shape index (κ3) is 4.95. The van der Waals surface area contributed by atoms with Crippen molar-refractivity contribution in [2.45, 2.75) is 19.0 Å². The van der Waals surface area contributed by atoms with E-state index in [1.807, 2.05) is 13.0 Å². The largest absolute Gasteiger partial charge is 0.379 e. The van der Waals surface area contributed by atoms with Gasteiger partial charge >= 0.3 is 6.03 Å². The molecular formula is C18H22ClN3O2S. The summed E-state index contributed by atoms with van der Waals surface area (Å²) in [6, 6.07) is 11.1. The number of benzene rings is 1. The molecule has 1 fully saturated rings. The minimum Gasteiger partial charge on any atom is -0.379 e. The summed E-state index contributed by atoms with van der Waals surface area (Å²) in [5.74, 6) is 0. The van der Waals surface area contributed by atoms with Crippen LogP contribution in [0.1, 0.15) is 17.8 Å². The van der Waals surface area contributed by atoms with Crippen LogP contribution in [0.4, 0.5) is 10.5 Å². The Hall–Kier alpha value is -1.60. The van der Waals surface area contributed by atoms with Crippen LogP contribution in [0.15, 0.2) is 41.8 Å². The van der Waals surface area contributed by atoms with E-state index in [0.29, 0.717) is 10.7 Å². The maximum atomic E-state index is 12.4. The lowest BCUT2D eigenvalue weighted by Crippen LogP contribution is -2.49. The van der Waals surface area contributed by atoms with Crippen molar-refractivity contribution in [2.24, 2.45) is 0 Å². The summed E-state index contributed by atoms with van der Waals surface area (Å²) in [5, 5.41) is 8.64. The molecule has 134 valence electrons. The summed E-state index contributed by atoms with van der Waals surface area (Å²) in [6.45, 7) is 5.24. The van der Waals surface area contributed by atoms with Crippen molar-refractivity contribution in [1.29, 1.82) is 0 Å². The molecule has 0 spiro atoms. The molecule has 1 aliphatic heterocycles. The average Bonchev–Trinajstić information content (AvgIpc) is 3.12. The fourth-order valence-electron chi connectivity index (χ4n) is 3.04. The number of carbonyl (C=O) groups is 1. The normalized spacial score (nSPS) is 17.7. The lowest BCUT2D eigenvalue weighted by Gasteiger charge is -2.37. The van der Waals surface area contributed by atoms with E-state index in [4.69, 9.17) is 16.3 Å². The van der Waals surface area contributed by atoms with Crippen LogP contribution in [0.5, 0.6) is 0 Å². The molecule has 25 heavy (non-hydrogen) atoms. The van der Waals surface area contributed by atoms with Gasteiger partial charge in [-0.25, -0.2) is 4.79 Å². The van der Waals surface area contributed by atoms with Crippen LogP contribution in [0.3, 0.4) is 0 Å². The Balaban J connectivity index is 1.66. The third-order valence-corrected chi connectivity index (χ3v) is 5.40. The van der Waals surface area contributed by atoms with E-state index in [1.54, 1.807) is 35.6 Å². The Morgan fingerprint density at radius 3 is 2.60 bits per heavy atom. The number of halogens is 1. The van der Waals surface area contributed by atoms with E-state index in [-0.39, 0.29) is 18.1 Å². The minimum absolute atomic E-state index is 0.0379. The van der Waals surface area contributed by atoms with Gasteiger partial charge in [-0.1, -0.05) is 17.7 Å². The predicted octanol–water partition coefficient (Wildman–Crippen LogP) is 3.99.